The molecule has 0 bridgehead atoms. The Bertz CT molecular complexity index is 1080. The Labute approximate surface area is 177 Å². The molecule has 30 heavy (non-hydrogen) atoms. The van der Waals surface area contributed by atoms with E-state index >= 15 is 0 Å². The summed E-state index contributed by atoms with van der Waals surface area (Å²) in [5.41, 5.74) is 1.49. The Hall–Kier alpha value is -2.60. The summed E-state index contributed by atoms with van der Waals surface area (Å²) in [5.74, 6) is -0.284. The molecule has 2 N–H and O–H groups in total. The van der Waals surface area contributed by atoms with Gasteiger partial charge in [-0.1, -0.05) is 39.0 Å². The van der Waals surface area contributed by atoms with Crippen LogP contribution in [0.5, 0.6) is 11.5 Å². The molecule has 0 radical (unpaired) electrons. The summed E-state index contributed by atoms with van der Waals surface area (Å²) >= 11 is 0. The minimum atomic E-state index is -3.75. The molecule has 0 aliphatic carbocycles. The normalized spacial score (nSPS) is 16.3. The van der Waals surface area contributed by atoms with Crippen LogP contribution in [0.3, 0.4) is 0 Å². The molecule has 2 aromatic rings. The van der Waals surface area contributed by atoms with Crippen molar-refractivity contribution in [2.45, 2.75) is 37.6 Å². The Morgan fingerprint density at radius 3 is 2.30 bits per heavy atom. The van der Waals surface area contributed by atoms with Gasteiger partial charge in [-0.25, -0.2) is 8.42 Å². The van der Waals surface area contributed by atoms with Crippen LogP contribution in [0.4, 0.5) is 0 Å². The van der Waals surface area contributed by atoms with E-state index < -0.39 is 10.0 Å². The second-order valence-corrected chi connectivity index (χ2v) is 10.4. The molecule has 0 unspecified atom stereocenters. The van der Waals surface area contributed by atoms with Crippen LogP contribution in [-0.2, 0) is 22.0 Å². The topological polar surface area (TPSA) is 105 Å². The zero-order valence-corrected chi connectivity index (χ0v) is 18.3. The van der Waals surface area contributed by atoms with E-state index in [-0.39, 0.29) is 40.5 Å². The van der Waals surface area contributed by atoms with Gasteiger partial charge >= 0.3 is 0 Å². The zero-order valence-electron chi connectivity index (χ0n) is 17.5. The van der Waals surface area contributed by atoms with E-state index in [1.807, 2.05) is 37.8 Å². The lowest BCUT2D eigenvalue weighted by atomic mass is 9.85. The lowest BCUT2D eigenvalue weighted by Crippen LogP contribution is -2.48. The summed E-state index contributed by atoms with van der Waals surface area (Å²) < 4.78 is 27.3. The molecule has 160 valence electrons. The van der Waals surface area contributed by atoms with E-state index in [2.05, 4.69) is 0 Å². The van der Waals surface area contributed by atoms with Crippen LogP contribution in [0.2, 0.25) is 0 Å². The van der Waals surface area contributed by atoms with Crippen molar-refractivity contribution < 1.29 is 18.6 Å². The number of nitriles is 1. The number of rotatable bonds is 4. The van der Waals surface area contributed by atoms with Crippen molar-refractivity contribution in [1.82, 2.24) is 9.21 Å². The van der Waals surface area contributed by atoms with E-state index in [1.54, 1.807) is 18.2 Å². The Morgan fingerprint density at radius 1 is 1.07 bits per heavy atom. The van der Waals surface area contributed by atoms with Crippen molar-refractivity contribution in [2.24, 2.45) is 0 Å². The maximum atomic E-state index is 13.0. The summed E-state index contributed by atoms with van der Waals surface area (Å²) in [5, 5.41) is 29.6. The predicted molar refractivity (Wildman–Crippen MR) is 114 cm³/mol. The molecule has 0 atom stereocenters. The molecule has 7 nitrogen and oxygen atoms in total. The van der Waals surface area contributed by atoms with Gasteiger partial charge in [-0.2, -0.15) is 9.57 Å². The highest BCUT2D eigenvalue weighted by atomic mass is 32.2. The van der Waals surface area contributed by atoms with E-state index in [0.29, 0.717) is 25.2 Å². The number of hydrogen-bond donors (Lipinski definition) is 2. The fourth-order valence-corrected chi connectivity index (χ4v) is 5.09. The molecule has 3 rings (SSSR count). The van der Waals surface area contributed by atoms with Gasteiger partial charge < -0.3 is 10.2 Å². The first kappa shape index (κ1) is 22.1. The van der Waals surface area contributed by atoms with Crippen LogP contribution in [0.1, 0.15) is 37.5 Å². The summed E-state index contributed by atoms with van der Waals surface area (Å²) in [4.78, 5) is 2.07. The smallest absolute Gasteiger partial charge is 0.244 e. The maximum absolute atomic E-state index is 13.0. The van der Waals surface area contributed by atoms with Crippen LogP contribution in [0, 0.1) is 11.3 Å². The van der Waals surface area contributed by atoms with Crippen molar-refractivity contribution in [3.05, 3.63) is 53.1 Å². The highest BCUT2D eigenvalue weighted by Crippen LogP contribution is 2.36. The van der Waals surface area contributed by atoms with E-state index in [4.69, 9.17) is 0 Å². The molecule has 0 saturated carbocycles. The minimum Gasteiger partial charge on any atom is -0.504 e. The number of nitrogens with zero attached hydrogens (tertiary/aromatic N) is 3. The predicted octanol–water partition coefficient (Wildman–Crippen LogP) is 2.77. The Balaban J connectivity index is 1.74. The van der Waals surface area contributed by atoms with Crippen molar-refractivity contribution >= 4 is 10.0 Å². The summed E-state index contributed by atoms with van der Waals surface area (Å²) in [7, 11) is -3.75. The molecular weight excluding hydrogens is 402 g/mol. The molecule has 1 fully saturated rings. The lowest BCUT2D eigenvalue weighted by Gasteiger charge is -2.34. The highest BCUT2D eigenvalue weighted by Gasteiger charge is 2.30. The largest absolute Gasteiger partial charge is 0.504 e. The monoisotopic (exact) mass is 429 g/mol. The van der Waals surface area contributed by atoms with Crippen LogP contribution >= 0.6 is 0 Å². The molecule has 0 amide bonds. The molecule has 8 heteroatoms. The number of piperazine rings is 1. The van der Waals surface area contributed by atoms with Crippen LogP contribution in [-0.4, -0.2) is 54.0 Å². The average molecular weight is 430 g/mol. The van der Waals surface area contributed by atoms with Gasteiger partial charge in [0.15, 0.2) is 11.5 Å². The number of phenolic OH excluding ortho intramolecular Hbond substituents is 2. The summed E-state index contributed by atoms with van der Waals surface area (Å²) in [6.07, 6.45) is 0. The van der Waals surface area contributed by atoms with Crippen molar-refractivity contribution in [3.8, 4) is 17.6 Å². The quantitative estimate of drug-likeness (QED) is 0.724. The third-order valence-electron chi connectivity index (χ3n) is 5.39. The van der Waals surface area contributed by atoms with Gasteiger partial charge in [0.25, 0.3) is 0 Å². The van der Waals surface area contributed by atoms with Gasteiger partial charge in [0.2, 0.25) is 10.0 Å². The average Bonchev–Trinajstić information content (AvgIpc) is 2.70. The number of hydrogen-bond acceptors (Lipinski definition) is 6. The Kier molecular flexibility index (Phi) is 6.09. The molecule has 0 aromatic heterocycles. The van der Waals surface area contributed by atoms with Gasteiger partial charge in [0, 0.05) is 38.3 Å². The standard InChI is InChI=1S/C22H27N3O4S/c1-22(2,3)18-12-17(21(27)19(26)13-18)15-24-8-10-25(11-9-24)30(28,29)20-7-5-4-6-16(20)14-23/h4-7,12-13,26-27H,8-11,15H2,1-3H3. The van der Waals surface area contributed by atoms with Crippen molar-refractivity contribution in [1.29, 1.82) is 5.26 Å². The first-order valence-electron chi connectivity index (χ1n) is 9.81. The second-order valence-electron chi connectivity index (χ2n) is 8.54. The number of sulfonamides is 1. The highest BCUT2D eigenvalue weighted by molar-refractivity contribution is 7.89. The van der Waals surface area contributed by atoms with Crippen molar-refractivity contribution in [3.63, 3.8) is 0 Å². The van der Waals surface area contributed by atoms with E-state index in [0.717, 1.165) is 5.56 Å². The molecular formula is C22H27N3O4S. The van der Waals surface area contributed by atoms with Gasteiger partial charge in [0.1, 0.15) is 6.07 Å². The second kappa shape index (κ2) is 8.26. The van der Waals surface area contributed by atoms with Gasteiger partial charge in [0.05, 0.1) is 10.5 Å². The van der Waals surface area contributed by atoms with E-state index in [1.165, 1.54) is 16.4 Å². The van der Waals surface area contributed by atoms with Crippen molar-refractivity contribution in [2.75, 3.05) is 26.2 Å². The molecule has 2 aromatic carbocycles. The van der Waals surface area contributed by atoms with Gasteiger partial charge in [-0.05, 0) is 29.2 Å². The SMILES string of the molecule is CC(C)(C)c1cc(O)c(O)c(CN2CCN(S(=O)(=O)c3ccccc3C#N)CC2)c1. The van der Waals surface area contributed by atoms with Crippen LogP contribution in [0.25, 0.3) is 0 Å². The van der Waals surface area contributed by atoms with Crippen LogP contribution in [0.15, 0.2) is 41.3 Å². The Morgan fingerprint density at radius 2 is 1.70 bits per heavy atom. The molecule has 1 aliphatic heterocycles. The van der Waals surface area contributed by atoms with Gasteiger partial charge in [-0.15, -0.1) is 0 Å². The fourth-order valence-electron chi connectivity index (χ4n) is 3.52. The fraction of sp³-hybridized carbons (Fsp3) is 0.409. The first-order valence-corrected chi connectivity index (χ1v) is 11.2. The zero-order chi connectivity index (χ0) is 22.1. The summed E-state index contributed by atoms with van der Waals surface area (Å²) in [6, 6.07) is 11.6. The summed E-state index contributed by atoms with van der Waals surface area (Å²) in [6.45, 7) is 8.04. The maximum Gasteiger partial charge on any atom is 0.244 e. The van der Waals surface area contributed by atoms with Gasteiger partial charge in [-0.3, -0.25) is 4.90 Å². The third kappa shape index (κ3) is 4.43. The third-order valence-corrected chi connectivity index (χ3v) is 7.34. The van der Waals surface area contributed by atoms with Crippen LogP contribution < -0.4 is 0 Å². The molecule has 1 saturated heterocycles. The van der Waals surface area contributed by atoms with E-state index in [9.17, 15) is 23.9 Å². The number of aromatic hydroxyl groups is 2. The first-order chi connectivity index (χ1) is 14.0. The molecule has 0 spiro atoms. The molecule has 1 aliphatic rings. The lowest BCUT2D eigenvalue weighted by molar-refractivity contribution is 0.179. The number of benzene rings is 2. The minimum absolute atomic E-state index is 0.0291. The molecule has 1 heterocycles. The number of phenols is 2.